The van der Waals surface area contributed by atoms with Crippen molar-refractivity contribution >= 4 is 25.6 Å². The highest BCUT2D eigenvalue weighted by Gasteiger charge is 2.06. The molecule has 0 aromatic rings. The van der Waals surface area contributed by atoms with Gasteiger partial charge in [-0.15, -0.1) is 0 Å². The fourth-order valence-electron chi connectivity index (χ4n) is 0.645. The summed E-state index contributed by atoms with van der Waals surface area (Å²) in [6, 6.07) is 0. The molecule has 0 unspecified atom stereocenters. The summed E-state index contributed by atoms with van der Waals surface area (Å²) in [5.74, 6) is -0.0676. The highest BCUT2D eigenvalue weighted by atomic mass is 33.1. The number of carbonyl (C=O) groups excluding carboxylic acids is 1. The van der Waals surface area contributed by atoms with Crippen molar-refractivity contribution < 1.29 is 17.9 Å². The molecule has 5 nitrogen and oxygen atoms in total. The van der Waals surface area contributed by atoms with E-state index in [0.717, 1.165) is 17.0 Å². The molecular formula is C7H15NO4S2. The Balaban J connectivity index is 3.51. The van der Waals surface area contributed by atoms with Crippen LogP contribution in [-0.4, -0.2) is 58.5 Å². The lowest BCUT2D eigenvalue weighted by atomic mass is 10.6. The second kappa shape index (κ2) is 6.26. The standard InChI is InChI=1S/C7H15NO4S2/c1-8(2)6-7(9)12-4-5-13-14(3,10)11/h4-6H2,1-3H3. The number of likely N-dealkylation sites (N-methyl/N-ethyl adjacent to an activating group) is 1. The van der Waals surface area contributed by atoms with Crippen LogP contribution in [0, 0.1) is 0 Å². The second-order valence-corrected chi connectivity index (χ2v) is 7.56. The Labute approximate surface area is 88.1 Å². The number of carbonyl (C=O) groups is 1. The van der Waals surface area contributed by atoms with Crippen molar-refractivity contribution in [1.29, 1.82) is 0 Å². The second-order valence-electron chi connectivity index (χ2n) is 2.98. The van der Waals surface area contributed by atoms with Gasteiger partial charge in [0.2, 0.25) is 0 Å². The minimum atomic E-state index is -3.03. The Hall–Kier alpha value is -0.270. The van der Waals surface area contributed by atoms with Crippen LogP contribution in [-0.2, 0) is 18.4 Å². The summed E-state index contributed by atoms with van der Waals surface area (Å²) < 4.78 is 26.1. The molecule has 0 rings (SSSR count). The van der Waals surface area contributed by atoms with Gasteiger partial charge in [0.25, 0.3) is 0 Å². The van der Waals surface area contributed by atoms with Gasteiger partial charge in [0.1, 0.15) is 6.61 Å². The fourth-order valence-corrected chi connectivity index (χ4v) is 2.21. The largest absolute Gasteiger partial charge is 0.464 e. The molecule has 14 heavy (non-hydrogen) atoms. The van der Waals surface area contributed by atoms with Gasteiger partial charge in [-0.3, -0.25) is 9.69 Å². The van der Waals surface area contributed by atoms with Crippen LogP contribution >= 0.6 is 10.8 Å². The first-order valence-electron chi connectivity index (χ1n) is 3.96. The Morgan fingerprint density at radius 2 is 2.00 bits per heavy atom. The summed E-state index contributed by atoms with van der Waals surface area (Å²) in [4.78, 5) is 12.6. The van der Waals surface area contributed by atoms with Crippen LogP contribution < -0.4 is 0 Å². The van der Waals surface area contributed by atoms with E-state index in [1.165, 1.54) is 0 Å². The predicted octanol–water partition coefficient (Wildman–Crippen LogP) is -0.216. The molecule has 0 radical (unpaired) electrons. The van der Waals surface area contributed by atoms with E-state index in [2.05, 4.69) is 0 Å². The van der Waals surface area contributed by atoms with E-state index in [4.69, 9.17) is 4.74 Å². The summed E-state index contributed by atoms with van der Waals surface area (Å²) in [7, 11) is 1.26. The Bertz CT molecular complexity index is 273. The molecule has 0 aromatic heterocycles. The molecule has 0 aliphatic carbocycles. The first-order valence-corrected chi connectivity index (χ1v) is 7.35. The lowest BCUT2D eigenvalue weighted by Gasteiger charge is -2.08. The van der Waals surface area contributed by atoms with Crippen molar-refractivity contribution in [2.24, 2.45) is 0 Å². The molecular weight excluding hydrogens is 226 g/mol. The highest BCUT2D eigenvalue weighted by Crippen LogP contribution is 2.08. The summed E-state index contributed by atoms with van der Waals surface area (Å²) in [6.07, 6.45) is 1.12. The third kappa shape index (κ3) is 9.82. The quantitative estimate of drug-likeness (QED) is 0.364. The van der Waals surface area contributed by atoms with E-state index in [0.29, 0.717) is 0 Å². The molecule has 0 bridgehead atoms. The van der Waals surface area contributed by atoms with Gasteiger partial charge in [-0.2, -0.15) is 0 Å². The fraction of sp³-hybridized carbons (Fsp3) is 0.857. The molecule has 0 heterocycles. The molecule has 0 spiro atoms. The van der Waals surface area contributed by atoms with Gasteiger partial charge in [-0.25, -0.2) is 8.42 Å². The molecule has 84 valence electrons. The van der Waals surface area contributed by atoms with Crippen molar-refractivity contribution in [2.45, 2.75) is 0 Å². The number of nitrogens with zero attached hydrogens (tertiary/aromatic N) is 1. The molecule has 0 N–H and O–H groups in total. The van der Waals surface area contributed by atoms with Crippen LogP contribution in [0.1, 0.15) is 0 Å². The third-order valence-electron chi connectivity index (χ3n) is 1.09. The zero-order valence-electron chi connectivity index (χ0n) is 8.52. The molecule has 0 atom stereocenters. The Morgan fingerprint density at radius 3 is 2.43 bits per heavy atom. The minimum Gasteiger partial charge on any atom is -0.464 e. The molecule has 0 fully saturated rings. The van der Waals surface area contributed by atoms with Gasteiger partial charge in [-0.1, -0.05) is 0 Å². The molecule has 0 saturated heterocycles. The monoisotopic (exact) mass is 241 g/mol. The topological polar surface area (TPSA) is 63.7 Å². The molecule has 0 aliphatic heterocycles. The van der Waals surface area contributed by atoms with Gasteiger partial charge in [-0.05, 0) is 24.9 Å². The van der Waals surface area contributed by atoms with Crippen molar-refractivity contribution in [3.8, 4) is 0 Å². The summed E-state index contributed by atoms with van der Waals surface area (Å²) in [6.45, 7) is 0.341. The van der Waals surface area contributed by atoms with Crippen LogP contribution in [0.25, 0.3) is 0 Å². The lowest BCUT2D eigenvalue weighted by molar-refractivity contribution is -0.143. The zero-order chi connectivity index (χ0) is 11.2. The smallest absolute Gasteiger partial charge is 0.320 e. The number of hydrogen-bond donors (Lipinski definition) is 0. The van der Waals surface area contributed by atoms with Gasteiger partial charge < -0.3 is 4.74 Å². The van der Waals surface area contributed by atoms with Crippen molar-refractivity contribution in [3.05, 3.63) is 0 Å². The van der Waals surface area contributed by atoms with Crippen LogP contribution in [0.4, 0.5) is 0 Å². The van der Waals surface area contributed by atoms with Crippen molar-refractivity contribution in [3.63, 3.8) is 0 Å². The summed E-state index contributed by atoms with van der Waals surface area (Å²) in [5, 5.41) is 0. The first-order chi connectivity index (χ1) is 6.31. The van der Waals surface area contributed by atoms with Crippen LogP contribution in [0.15, 0.2) is 0 Å². The lowest BCUT2D eigenvalue weighted by Crippen LogP contribution is -2.24. The maximum atomic E-state index is 11.0. The van der Waals surface area contributed by atoms with Gasteiger partial charge >= 0.3 is 5.97 Å². The number of esters is 1. The SMILES string of the molecule is CN(C)CC(=O)OCCSS(C)(=O)=O. The number of ether oxygens (including phenoxy) is 1. The van der Waals surface area contributed by atoms with Crippen molar-refractivity contribution in [1.82, 2.24) is 4.90 Å². The third-order valence-corrected chi connectivity index (χ3v) is 3.64. The molecule has 0 aromatic carbocycles. The van der Waals surface area contributed by atoms with E-state index in [-0.39, 0.29) is 24.9 Å². The van der Waals surface area contributed by atoms with Gasteiger partial charge in [0.15, 0.2) is 8.87 Å². The average Bonchev–Trinajstić information content (AvgIpc) is 1.95. The summed E-state index contributed by atoms with van der Waals surface area (Å²) in [5.41, 5.74) is 0. The van der Waals surface area contributed by atoms with Gasteiger partial charge in [0.05, 0.1) is 6.54 Å². The molecule has 0 aliphatic rings. The number of rotatable bonds is 6. The van der Waals surface area contributed by atoms with E-state index in [9.17, 15) is 13.2 Å². The Morgan fingerprint density at radius 1 is 1.43 bits per heavy atom. The zero-order valence-corrected chi connectivity index (χ0v) is 10.2. The maximum absolute atomic E-state index is 11.0. The highest BCUT2D eigenvalue weighted by molar-refractivity contribution is 8.71. The van der Waals surface area contributed by atoms with Crippen LogP contribution in [0.5, 0.6) is 0 Å². The predicted molar refractivity (Wildman–Crippen MR) is 56.8 cm³/mol. The first kappa shape index (κ1) is 13.7. The van der Waals surface area contributed by atoms with Gasteiger partial charge in [0, 0.05) is 12.0 Å². The number of hydrogen-bond acceptors (Lipinski definition) is 6. The normalized spacial score (nSPS) is 11.7. The Kier molecular flexibility index (Phi) is 6.14. The van der Waals surface area contributed by atoms with E-state index in [1.807, 2.05) is 0 Å². The van der Waals surface area contributed by atoms with E-state index >= 15 is 0 Å². The maximum Gasteiger partial charge on any atom is 0.320 e. The molecule has 0 amide bonds. The molecule has 7 heteroatoms. The minimum absolute atomic E-state index is 0.129. The van der Waals surface area contributed by atoms with Crippen LogP contribution in [0.3, 0.4) is 0 Å². The van der Waals surface area contributed by atoms with E-state index in [1.54, 1.807) is 19.0 Å². The molecule has 0 saturated carbocycles. The van der Waals surface area contributed by atoms with E-state index < -0.39 is 8.87 Å². The average molecular weight is 241 g/mol. The van der Waals surface area contributed by atoms with Crippen molar-refractivity contribution in [2.75, 3.05) is 39.3 Å². The van der Waals surface area contributed by atoms with Crippen LogP contribution in [0.2, 0.25) is 0 Å². The summed E-state index contributed by atoms with van der Waals surface area (Å²) >= 11 is 0.